The van der Waals surface area contributed by atoms with Gasteiger partial charge in [-0.3, -0.25) is 9.69 Å². The van der Waals surface area contributed by atoms with Crippen LogP contribution < -0.4 is 4.90 Å². The fraction of sp³-hybridized carbons (Fsp3) is 0.167. The molecule has 8 heteroatoms. The van der Waals surface area contributed by atoms with Gasteiger partial charge in [0.25, 0.3) is 0 Å². The number of pyridine rings is 1. The first-order valence-electron chi connectivity index (χ1n) is 9.87. The Morgan fingerprint density at radius 1 is 1.03 bits per heavy atom. The molecule has 1 amide bonds. The van der Waals surface area contributed by atoms with Gasteiger partial charge in [-0.25, -0.2) is 14.8 Å². The van der Waals surface area contributed by atoms with Crippen LogP contribution in [0.3, 0.4) is 0 Å². The number of amides is 1. The van der Waals surface area contributed by atoms with Crippen molar-refractivity contribution in [1.29, 1.82) is 0 Å². The summed E-state index contributed by atoms with van der Waals surface area (Å²) in [6.07, 6.45) is 0. The average molecular weight is 466 g/mol. The van der Waals surface area contributed by atoms with Crippen LogP contribution in [-0.2, 0) is 16.1 Å². The second-order valence-electron chi connectivity index (χ2n) is 7.36. The van der Waals surface area contributed by atoms with Crippen LogP contribution in [0, 0.1) is 13.8 Å². The lowest BCUT2D eigenvalue weighted by Gasteiger charge is -2.19. The molecule has 162 valence electrons. The number of carbonyl (C=O) groups excluding carboxylic acids is 2. The number of anilines is 2. The lowest BCUT2D eigenvalue weighted by atomic mass is 10.1. The van der Waals surface area contributed by atoms with Gasteiger partial charge in [0.15, 0.2) is 5.13 Å². The van der Waals surface area contributed by atoms with E-state index in [0.717, 1.165) is 22.2 Å². The number of halogens is 1. The van der Waals surface area contributed by atoms with Crippen molar-refractivity contribution in [2.45, 2.75) is 27.4 Å². The molecular weight excluding hydrogens is 446 g/mol. The highest BCUT2D eigenvalue weighted by Crippen LogP contribution is 2.30. The first-order chi connectivity index (χ1) is 15.3. The van der Waals surface area contributed by atoms with Crippen LogP contribution in [0.1, 0.15) is 34.1 Å². The Balaban J connectivity index is 1.48. The number of rotatable bonds is 5. The van der Waals surface area contributed by atoms with E-state index in [-0.39, 0.29) is 12.5 Å². The van der Waals surface area contributed by atoms with E-state index >= 15 is 0 Å². The second kappa shape index (κ2) is 9.06. The number of benzene rings is 2. The normalized spacial score (nSPS) is 10.9. The molecule has 4 aromatic rings. The van der Waals surface area contributed by atoms with Gasteiger partial charge in [0, 0.05) is 17.7 Å². The number of esters is 1. The number of aromatic nitrogens is 2. The Bertz CT molecular complexity index is 1340. The van der Waals surface area contributed by atoms with Gasteiger partial charge < -0.3 is 4.74 Å². The van der Waals surface area contributed by atoms with Crippen LogP contribution in [-0.4, -0.2) is 21.8 Å². The third kappa shape index (κ3) is 4.64. The third-order valence-corrected chi connectivity index (χ3v) is 6.12. The molecule has 0 aliphatic heterocycles. The molecule has 0 fully saturated rings. The molecule has 0 spiro atoms. The summed E-state index contributed by atoms with van der Waals surface area (Å²) in [4.78, 5) is 35.1. The number of nitrogens with zero attached hydrogens (tertiary/aromatic N) is 3. The molecule has 32 heavy (non-hydrogen) atoms. The zero-order chi connectivity index (χ0) is 22.8. The highest BCUT2D eigenvalue weighted by molar-refractivity contribution is 7.14. The zero-order valence-electron chi connectivity index (χ0n) is 17.8. The Morgan fingerprint density at radius 2 is 1.84 bits per heavy atom. The van der Waals surface area contributed by atoms with E-state index in [4.69, 9.17) is 16.3 Å². The Kier molecular flexibility index (Phi) is 6.21. The predicted octanol–water partition coefficient (Wildman–Crippen LogP) is 6.00. The van der Waals surface area contributed by atoms with Crippen molar-refractivity contribution >= 4 is 56.5 Å². The van der Waals surface area contributed by atoms with Crippen molar-refractivity contribution in [1.82, 2.24) is 9.97 Å². The first kappa shape index (κ1) is 21.9. The molecule has 0 bridgehead atoms. The predicted molar refractivity (Wildman–Crippen MR) is 127 cm³/mol. The van der Waals surface area contributed by atoms with Crippen molar-refractivity contribution in [3.63, 3.8) is 0 Å². The van der Waals surface area contributed by atoms with E-state index in [0.29, 0.717) is 27.1 Å². The van der Waals surface area contributed by atoms with E-state index in [1.165, 1.54) is 18.3 Å². The smallest absolute Gasteiger partial charge is 0.338 e. The molecule has 0 saturated carbocycles. The summed E-state index contributed by atoms with van der Waals surface area (Å²) in [7, 11) is 0. The van der Waals surface area contributed by atoms with Gasteiger partial charge in [-0.2, -0.15) is 0 Å². The van der Waals surface area contributed by atoms with Crippen LogP contribution in [0.4, 0.5) is 10.8 Å². The summed E-state index contributed by atoms with van der Waals surface area (Å²) in [6, 6.07) is 14.4. The molecule has 0 unspecified atom stereocenters. The summed E-state index contributed by atoms with van der Waals surface area (Å²) < 4.78 is 5.44. The Hall–Kier alpha value is -3.29. The zero-order valence-corrected chi connectivity index (χ0v) is 19.3. The number of carbonyl (C=O) groups is 2. The van der Waals surface area contributed by atoms with E-state index in [2.05, 4.69) is 9.97 Å². The SMILES string of the molecule is CC(=O)N(c1ccc(C)c(C)c1)c1nc(COC(=O)c2ccc3nc(Cl)ccc3c2)cs1. The second-order valence-corrected chi connectivity index (χ2v) is 8.59. The lowest BCUT2D eigenvalue weighted by molar-refractivity contribution is -0.115. The molecule has 6 nitrogen and oxygen atoms in total. The van der Waals surface area contributed by atoms with E-state index in [1.54, 1.807) is 40.6 Å². The minimum Gasteiger partial charge on any atom is -0.456 e. The molecule has 0 atom stereocenters. The molecule has 0 aliphatic rings. The summed E-state index contributed by atoms with van der Waals surface area (Å²) in [6.45, 7) is 5.53. The molecule has 0 radical (unpaired) electrons. The number of thiazole rings is 1. The van der Waals surface area contributed by atoms with E-state index < -0.39 is 5.97 Å². The maximum Gasteiger partial charge on any atom is 0.338 e. The molecule has 0 N–H and O–H groups in total. The summed E-state index contributed by atoms with van der Waals surface area (Å²) in [5, 5.41) is 3.50. The van der Waals surface area contributed by atoms with Crippen LogP contribution in [0.25, 0.3) is 10.9 Å². The molecule has 2 aromatic carbocycles. The molecule has 2 aromatic heterocycles. The van der Waals surface area contributed by atoms with Gasteiger partial charge in [0.1, 0.15) is 11.8 Å². The molecule has 2 heterocycles. The standard InChI is InChI=1S/C24H20ClN3O3S/c1-14-4-7-20(10-15(14)2)28(16(3)29)24-26-19(13-32-24)12-31-23(30)18-5-8-21-17(11-18)6-9-22(25)27-21/h4-11,13H,12H2,1-3H3. The molecule has 0 aliphatic carbocycles. The minimum atomic E-state index is -0.464. The number of hydrogen-bond acceptors (Lipinski definition) is 6. The summed E-state index contributed by atoms with van der Waals surface area (Å²) in [5.74, 6) is -0.606. The minimum absolute atomic E-state index is 0.00487. The maximum absolute atomic E-state index is 12.5. The summed E-state index contributed by atoms with van der Waals surface area (Å²) in [5.41, 5.74) is 4.68. The van der Waals surface area contributed by atoms with Gasteiger partial charge >= 0.3 is 5.97 Å². The lowest BCUT2D eigenvalue weighted by Crippen LogP contribution is -2.22. The number of aryl methyl sites for hydroxylation is 2. The van der Waals surface area contributed by atoms with Gasteiger partial charge in [-0.15, -0.1) is 11.3 Å². The van der Waals surface area contributed by atoms with E-state index in [1.807, 2.05) is 32.0 Å². The fourth-order valence-corrected chi connectivity index (χ4v) is 4.23. The van der Waals surface area contributed by atoms with E-state index in [9.17, 15) is 9.59 Å². The van der Waals surface area contributed by atoms with Crippen molar-refractivity contribution in [3.05, 3.63) is 81.4 Å². The average Bonchev–Trinajstić information content (AvgIpc) is 3.22. The highest BCUT2D eigenvalue weighted by atomic mass is 35.5. The van der Waals surface area contributed by atoms with Crippen molar-refractivity contribution in [2.24, 2.45) is 0 Å². The largest absolute Gasteiger partial charge is 0.456 e. The van der Waals surface area contributed by atoms with Gasteiger partial charge in [-0.05, 0) is 67.4 Å². The van der Waals surface area contributed by atoms with Crippen molar-refractivity contribution < 1.29 is 14.3 Å². The topological polar surface area (TPSA) is 72.4 Å². The summed E-state index contributed by atoms with van der Waals surface area (Å²) >= 11 is 7.23. The molecule has 4 rings (SSSR count). The van der Waals surface area contributed by atoms with Gasteiger partial charge in [-0.1, -0.05) is 17.7 Å². The first-order valence-corrected chi connectivity index (χ1v) is 11.1. The Morgan fingerprint density at radius 3 is 2.59 bits per heavy atom. The van der Waals surface area contributed by atoms with Gasteiger partial charge in [0.2, 0.25) is 5.91 Å². The quantitative estimate of drug-likeness (QED) is 0.267. The third-order valence-electron chi connectivity index (χ3n) is 5.04. The molecule has 0 saturated heterocycles. The number of ether oxygens (including phenoxy) is 1. The maximum atomic E-state index is 12.5. The van der Waals surface area contributed by atoms with Crippen LogP contribution >= 0.6 is 22.9 Å². The Labute approximate surface area is 194 Å². The number of hydrogen-bond donors (Lipinski definition) is 0. The van der Waals surface area contributed by atoms with Crippen LogP contribution in [0.15, 0.2) is 53.9 Å². The van der Waals surface area contributed by atoms with Crippen LogP contribution in [0.2, 0.25) is 5.15 Å². The van der Waals surface area contributed by atoms with Crippen molar-refractivity contribution in [3.8, 4) is 0 Å². The molecular formula is C24H20ClN3O3S. The fourth-order valence-electron chi connectivity index (χ4n) is 3.21. The van der Waals surface area contributed by atoms with Crippen molar-refractivity contribution in [2.75, 3.05) is 4.90 Å². The number of fused-ring (bicyclic) bond motifs is 1. The monoisotopic (exact) mass is 465 g/mol. The highest BCUT2D eigenvalue weighted by Gasteiger charge is 2.19. The van der Waals surface area contributed by atoms with Gasteiger partial charge in [0.05, 0.1) is 22.5 Å². The van der Waals surface area contributed by atoms with Crippen LogP contribution in [0.5, 0.6) is 0 Å².